The lowest BCUT2D eigenvalue weighted by atomic mass is 10.1. The molecule has 1 amide bonds. The molecule has 0 aliphatic carbocycles. The first-order valence-corrected chi connectivity index (χ1v) is 10.6. The van der Waals surface area contributed by atoms with Gasteiger partial charge in [0.15, 0.2) is 5.17 Å². The summed E-state index contributed by atoms with van der Waals surface area (Å²) in [5.74, 6) is 0.0891. The van der Waals surface area contributed by atoms with Crippen molar-refractivity contribution < 1.29 is 23.8 Å². The van der Waals surface area contributed by atoms with Crippen molar-refractivity contribution in [1.29, 1.82) is 0 Å². The molecule has 1 aromatic heterocycles. The second kappa shape index (κ2) is 8.94. The average Bonchev–Trinajstić information content (AvgIpc) is 3.35. The van der Waals surface area contributed by atoms with Crippen LogP contribution in [-0.2, 0) is 4.79 Å². The maximum absolute atomic E-state index is 12.4. The number of benzene rings is 2. The zero-order valence-electron chi connectivity index (χ0n) is 17.0. The number of aryl methyl sites for hydroxylation is 1. The minimum Gasteiger partial charge on any atom is -0.494 e. The highest BCUT2D eigenvalue weighted by molar-refractivity contribution is 8.18. The van der Waals surface area contributed by atoms with Gasteiger partial charge < -0.3 is 19.6 Å². The number of thioether (sulfide) groups is 1. The molecule has 0 unspecified atom stereocenters. The summed E-state index contributed by atoms with van der Waals surface area (Å²) < 4.78 is 11.1. The highest BCUT2D eigenvalue weighted by Gasteiger charge is 2.25. The molecule has 2 aromatic carbocycles. The molecule has 0 atom stereocenters. The van der Waals surface area contributed by atoms with Gasteiger partial charge >= 0.3 is 5.97 Å². The van der Waals surface area contributed by atoms with Crippen LogP contribution >= 0.6 is 23.4 Å². The fraction of sp³-hybridized carbons (Fsp3) is 0.0870. The van der Waals surface area contributed by atoms with Crippen LogP contribution in [0.4, 0.5) is 5.69 Å². The highest BCUT2D eigenvalue weighted by atomic mass is 35.5. The fourth-order valence-electron chi connectivity index (χ4n) is 3.03. The van der Waals surface area contributed by atoms with Gasteiger partial charge in [0, 0.05) is 11.6 Å². The SMILES string of the molecule is COc1ccc(C)cc1N=C1NC(=O)/C(=C/c2ccc(-c3ccc(Cl)c(C(=O)O)c3)o2)S1. The van der Waals surface area contributed by atoms with Gasteiger partial charge in [-0.2, -0.15) is 0 Å². The Bertz CT molecular complexity index is 1300. The number of carbonyl (C=O) groups excluding carboxylic acids is 1. The van der Waals surface area contributed by atoms with E-state index >= 15 is 0 Å². The number of carboxylic acids is 1. The molecule has 7 nitrogen and oxygen atoms in total. The zero-order valence-corrected chi connectivity index (χ0v) is 18.6. The summed E-state index contributed by atoms with van der Waals surface area (Å²) in [4.78, 5) is 28.6. The number of methoxy groups -OCH3 is 1. The Morgan fingerprint density at radius 2 is 2.03 bits per heavy atom. The number of amides is 1. The Balaban J connectivity index is 1.58. The molecule has 9 heteroatoms. The van der Waals surface area contributed by atoms with Crippen LogP contribution in [0.2, 0.25) is 5.02 Å². The molecular formula is C23H17ClN2O5S. The van der Waals surface area contributed by atoms with Crippen LogP contribution in [0.15, 0.2) is 62.8 Å². The molecule has 1 fully saturated rings. The predicted octanol–water partition coefficient (Wildman–Crippen LogP) is 5.51. The van der Waals surface area contributed by atoms with Gasteiger partial charge in [-0.25, -0.2) is 9.79 Å². The number of amidine groups is 1. The number of hydrogen-bond acceptors (Lipinski definition) is 6. The van der Waals surface area contributed by atoms with E-state index < -0.39 is 5.97 Å². The third-order valence-corrected chi connectivity index (χ3v) is 5.83. The summed E-state index contributed by atoms with van der Waals surface area (Å²) in [6, 6.07) is 13.6. The van der Waals surface area contributed by atoms with E-state index in [0.717, 1.165) is 5.56 Å². The van der Waals surface area contributed by atoms with Crippen molar-refractivity contribution >= 4 is 52.2 Å². The van der Waals surface area contributed by atoms with Gasteiger partial charge in [0.05, 0.1) is 22.6 Å². The monoisotopic (exact) mass is 468 g/mol. The summed E-state index contributed by atoms with van der Waals surface area (Å²) in [5, 5.41) is 12.6. The Kier molecular flexibility index (Phi) is 6.07. The van der Waals surface area contributed by atoms with E-state index in [1.807, 2.05) is 25.1 Å². The third kappa shape index (κ3) is 4.56. The van der Waals surface area contributed by atoms with Gasteiger partial charge in [-0.05, 0) is 66.7 Å². The molecule has 0 spiro atoms. The quantitative estimate of drug-likeness (QED) is 0.479. The van der Waals surface area contributed by atoms with Gasteiger partial charge in [0.25, 0.3) is 5.91 Å². The third-order valence-electron chi connectivity index (χ3n) is 4.59. The minimum atomic E-state index is -1.12. The zero-order chi connectivity index (χ0) is 22.8. The van der Waals surface area contributed by atoms with E-state index in [1.165, 1.54) is 23.9 Å². The van der Waals surface area contributed by atoms with E-state index in [4.69, 9.17) is 20.8 Å². The fourth-order valence-corrected chi connectivity index (χ4v) is 4.05. The van der Waals surface area contributed by atoms with Crippen LogP contribution < -0.4 is 10.1 Å². The molecule has 1 aliphatic rings. The normalized spacial score (nSPS) is 15.9. The summed E-state index contributed by atoms with van der Waals surface area (Å²) in [6.07, 6.45) is 1.60. The summed E-state index contributed by atoms with van der Waals surface area (Å²) in [5.41, 5.74) is 2.19. The summed E-state index contributed by atoms with van der Waals surface area (Å²) in [7, 11) is 1.56. The topological polar surface area (TPSA) is 101 Å². The molecule has 1 saturated heterocycles. The van der Waals surface area contributed by atoms with E-state index in [1.54, 1.807) is 31.4 Å². The minimum absolute atomic E-state index is 0.0152. The van der Waals surface area contributed by atoms with E-state index in [9.17, 15) is 14.7 Å². The van der Waals surface area contributed by atoms with Crippen LogP contribution in [0.25, 0.3) is 17.4 Å². The van der Waals surface area contributed by atoms with Gasteiger partial charge in [0.2, 0.25) is 0 Å². The maximum atomic E-state index is 12.4. The molecule has 1 aliphatic heterocycles. The lowest BCUT2D eigenvalue weighted by Gasteiger charge is -2.05. The van der Waals surface area contributed by atoms with Gasteiger partial charge in [0.1, 0.15) is 23.0 Å². The Hall–Kier alpha value is -3.49. The van der Waals surface area contributed by atoms with Crippen molar-refractivity contribution in [3.05, 3.63) is 75.3 Å². The number of hydrogen-bond donors (Lipinski definition) is 2. The van der Waals surface area contributed by atoms with Gasteiger partial charge in [-0.15, -0.1) is 0 Å². The highest BCUT2D eigenvalue weighted by Crippen LogP contribution is 2.34. The molecular weight excluding hydrogens is 452 g/mol. The van der Waals surface area contributed by atoms with Crippen LogP contribution in [0, 0.1) is 6.92 Å². The van der Waals surface area contributed by atoms with Crippen LogP contribution in [0.1, 0.15) is 21.7 Å². The number of carbonyl (C=O) groups is 2. The van der Waals surface area contributed by atoms with Crippen LogP contribution in [0.5, 0.6) is 5.75 Å². The molecule has 3 aromatic rings. The molecule has 0 saturated carbocycles. The number of carboxylic acid groups (broad SMARTS) is 1. The molecule has 32 heavy (non-hydrogen) atoms. The summed E-state index contributed by atoms with van der Waals surface area (Å²) >= 11 is 7.11. The number of aromatic carboxylic acids is 1. The summed E-state index contributed by atoms with van der Waals surface area (Å²) in [6.45, 7) is 1.95. The molecule has 0 bridgehead atoms. The van der Waals surface area contributed by atoms with Crippen LogP contribution in [-0.4, -0.2) is 29.3 Å². The van der Waals surface area contributed by atoms with E-state index in [2.05, 4.69) is 10.3 Å². The number of nitrogens with one attached hydrogen (secondary N) is 1. The first-order valence-electron chi connectivity index (χ1n) is 9.41. The lowest BCUT2D eigenvalue weighted by molar-refractivity contribution is -0.115. The van der Waals surface area contributed by atoms with Gasteiger partial charge in [-0.3, -0.25) is 4.79 Å². The molecule has 0 radical (unpaired) electrons. The molecule has 2 heterocycles. The van der Waals surface area contributed by atoms with Gasteiger partial charge in [-0.1, -0.05) is 17.7 Å². The van der Waals surface area contributed by atoms with E-state index in [-0.39, 0.29) is 16.5 Å². The Morgan fingerprint density at radius 3 is 2.78 bits per heavy atom. The standard InChI is InChI=1S/C23H17ClN2O5S/c1-12-3-7-19(30-2)17(9-12)25-23-26-21(27)20(32-23)11-14-5-8-18(31-14)13-4-6-16(24)15(10-13)22(28)29/h3-11H,1-2H3,(H,28,29)(H,25,26,27)/b20-11-. The largest absolute Gasteiger partial charge is 0.494 e. The maximum Gasteiger partial charge on any atom is 0.337 e. The van der Waals surface area contributed by atoms with E-state index in [0.29, 0.717) is 38.6 Å². The smallest absolute Gasteiger partial charge is 0.337 e. The second-order valence-corrected chi connectivity index (χ2v) is 8.30. The Morgan fingerprint density at radius 1 is 1.22 bits per heavy atom. The number of aliphatic imine (C=N–C) groups is 1. The number of ether oxygens (including phenoxy) is 1. The molecule has 162 valence electrons. The number of furan rings is 1. The first-order chi connectivity index (χ1) is 15.3. The van der Waals surface area contributed by atoms with Crippen molar-refractivity contribution in [2.45, 2.75) is 6.92 Å². The number of rotatable bonds is 5. The average molecular weight is 469 g/mol. The second-order valence-electron chi connectivity index (χ2n) is 6.86. The Labute approximate surface area is 192 Å². The van der Waals surface area contributed by atoms with Crippen molar-refractivity contribution in [3.63, 3.8) is 0 Å². The molecule has 2 N–H and O–H groups in total. The number of nitrogens with zero attached hydrogens (tertiary/aromatic N) is 1. The van der Waals surface area contributed by atoms with Crippen molar-refractivity contribution in [3.8, 4) is 17.1 Å². The van der Waals surface area contributed by atoms with Crippen molar-refractivity contribution in [2.75, 3.05) is 7.11 Å². The predicted molar refractivity (Wildman–Crippen MR) is 125 cm³/mol. The van der Waals surface area contributed by atoms with Crippen LogP contribution in [0.3, 0.4) is 0 Å². The van der Waals surface area contributed by atoms with Crippen molar-refractivity contribution in [1.82, 2.24) is 5.32 Å². The first kappa shape index (κ1) is 21.7. The molecule has 4 rings (SSSR count). The van der Waals surface area contributed by atoms with Crippen molar-refractivity contribution in [2.24, 2.45) is 4.99 Å². The lowest BCUT2D eigenvalue weighted by Crippen LogP contribution is -2.19. The number of halogens is 1.